The van der Waals surface area contributed by atoms with E-state index in [0.717, 1.165) is 18.4 Å². The number of likely N-dealkylation sites (tertiary alicyclic amines) is 1. The number of hydrogen-bond donors (Lipinski definition) is 0. The number of para-hydroxylation sites is 1. The lowest BCUT2D eigenvalue weighted by Crippen LogP contribution is -2.31. The smallest absolute Gasteiger partial charge is 0.264 e. The maximum Gasteiger partial charge on any atom is 0.264 e. The topological polar surface area (TPSA) is 76.2 Å². The van der Waals surface area contributed by atoms with Gasteiger partial charge < -0.3 is 14.4 Å². The van der Waals surface area contributed by atoms with Crippen LogP contribution >= 0.6 is 0 Å². The first-order chi connectivity index (χ1) is 16.4. The van der Waals surface area contributed by atoms with Crippen molar-refractivity contribution in [2.24, 2.45) is 0 Å². The molecule has 178 valence electrons. The molecule has 7 nitrogen and oxygen atoms in total. The third-order valence-corrected chi connectivity index (χ3v) is 7.95. The Balaban J connectivity index is 1.63. The molecule has 0 saturated carbocycles. The Morgan fingerprint density at radius 3 is 2.44 bits per heavy atom. The van der Waals surface area contributed by atoms with Crippen LogP contribution in [0.3, 0.4) is 0 Å². The van der Waals surface area contributed by atoms with Gasteiger partial charge in [-0.2, -0.15) is 0 Å². The van der Waals surface area contributed by atoms with Crippen molar-refractivity contribution in [1.29, 1.82) is 0 Å². The van der Waals surface area contributed by atoms with Crippen LogP contribution in [0.5, 0.6) is 11.5 Å². The molecule has 0 N–H and O–H groups in total. The van der Waals surface area contributed by atoms with Crippen LogP contribution in [0.15, 0.2) is 77.7 Å². The van der Waals surface area contributed by atoms with Crippen molar-refractivity contribution in [3.63, 3.8) is 0 Å². The minimum absolute atomic E-state index is 0.0717. The van der Waals surface area contributed by atoms with E-state index < -0.39 is 10.0 Å². The number of hydrogen-bond acceptors (Lipinski definition) is 5. The van der Waals surface area contributed by atoms with Gasteiger partial charge in [-0.15, -0.1) is 0 Å². The van der Waals surface area contributed by atoms with Gasteiger partial charge in [0.1, 0.15) is 11.5 Å². The maximum absolute atomic E-state index is 13.5. The lowest BCUT2D eigenvalue weighted by Gasteiger charge is -2.27. The second-order valence-electron chi connectivity index (χ2n) is 8.10. The third-order valence-electron chi connectivity index (χ3n) is 6.17. The quantitative estimate of drug-likeness (QED) is 0.498. The van der Waals surface area contributed by atoms with Crippen molar-refractivity contribution in [3.8, 4) is 11.5 Å². The highest BCUT2D eigenvalue weighted by Gasteiger charge is 2.33. The second-order valence-corrected chi connectivity index (χ2v) is 10.1. The predicted octanol–water partition coefficient (Wildman–Crippen LogP) is 4.51. The monoisotopic (exact) mass is 480 g/mol. The van der Waals surface area contributed by atoms with Crippen LogP contribution in [0, 0.1) is 0 Å². The van der Waals surface area contributed by atoms with Crippen molar-refractivity contribution >= 4 is 21.6 Å². The Bertz CT molecular complexity index is 1280. The fourth-order valence-electron chi connectivity index (χ4n) is 4.32. The molecule has 1 atom stereocenters. The lowest BCUT2D eigenvalue weighted by atomic mass is 10.0. The number of rotatable bonds is 7. The van der Waals surface area contributed by atoms with E-state index in [9.17, 15) is 13.2 Å². The van der Waals surface area contributed by atoms with E-state index in [2.05, 4.69) is 0 Å². The second kappa shape index (κ2) is 9.77. The van der Waals surface area contributed by atoms with Crippen LogP contribution < -0.4 is 13.8 Å². The molecule has 1 saturated heterocycles. The lowest BCUT2D eigenvalue weighted by molar-refractivity contribution is 0.0734. The number of benzene rings is 3. The minimum Gasteiger partial charge on any atom is -0.497 e. The molecular weight excluding hydrogens is 452 g/mol. The number of ether oxygens (including phenoxy) is 2. The number of carbonyl (C=O) groups excluding carboxylic acids is 1. The van der Waals surface area contributed by atoms with E-state index in [4.69, 9.17) is 9.47 Å². The number of methoxy groups -OCH3 is 2. The molecule has 3 aromatic rings. The van der Waals surface area contributed by atoms with Crippen LogP contribution in [0.2, 0.25) is 0 Å². The molecule has 1 aliphatic heterocycles. The van der Waals surface area contributed by atoms with Crippen molar-refractivity contribution in [1.82, 2.24) is 4.90 Å². The summed E-state index contributed by atoms with van der Waals surface area (Å²) in [7, 11) is 0.866. The first-order valence-electron chi connectivity index (χ1n) is 11.0. The highest BCUT2D eigenvalue weighted by Crippen LogP contribution is 2.39. The van der Waals surface area contributed by atoms with E-state index in [0.29, 0.717) is 29.3 Å². The van der Waals surface area contributed by atoms with E-state index >= 15 is 0 Å². The van der Waals surface area contributed by atoms with Gasteiger partial charge in [-0.25, -0.2) is 8.42 Å². The highest BCUT2D eigenvalue weighted by atomic mass is 32.2. The summed E-state index contributed by atoms with van der Waals surface area (Å²) in [5, 5.41) is 0. The molecule has 0 aliphatic carbocycles. The van der Waals surface area contributed by atoms with Crippen LogP contribution in [0.25, 0.3) is 0 Å². The molecule has 4 rings (SSSR count). The molecule has 1 heterocycles. The normalized spacial score (nSPS) is 15.7. The molecule has 1 amide bonds. The molecule has 0 unspecified atom stereocenters. The molecule has 34 heavy (non-hydrogen) atoms. The number of anilines is 1. The zero-order chi connectivity index (χ0) is 24.3. The van der Waals surface area contributed by atoms with Crippen molar-refractivity contribution in [2.75, 3.05) is 32.1 Å². The predicted molar refractivity (Wildman–Crippen MR) is 131 cm³/mol. The Morgan fingerprint density at radius 2 is 1.74 bits per heavy atom. The van der Waals surface area contributed by atoms with E-state index in [1.807, 2.05) is 24.3 Å². The number of nitrogens with zero attached hydrogens (tertiary/aromatic N) is 2. The summed E-state index contributed by atoms with van der Waals surface area (Å²) in [5.74, 6) is 1.13. The van der Waals surface area contributed by atoms with Gasteiger partial charge in [0.2, 0.25) is 0 Å². The van der Waals surface area contributed by atoms with Gasteiger partial charge in [-0.3, -0.25) is 9.10 Å². The van der Waals surface area contributed by atoms with Gasteiger partial charge in [0.25, 0.3) is 15.9 Å². The van der Waals surface area contributed by atoms with Crippen LogP contribution in [-0.4, -0.2) is 47.0 Å². The van der Waals surface area contributed by atoms with E-state index in [-0.39, 0.29) is 16.8 Å². The van der Waals surface area contributed by atoms with Gasteiger partial charge in [0, 0.05) is 30.8 Å². The van der Waals surface area contributed by atoms with Crippen molar-refractivity contribution in [2.45, 2.75) is 23.8 Å². The average molecular weight is 481 g/mol. The Kier molecular flexibility index (Phi) is 6.79. The first kappa shape index (κ1) is 23.6. The molecule has 8 heteroatoms. The summed E-state index contributed by atoms with van der Waals surface area (Å²) < 4.78 is 38.5. The Hall–Kier alpha value is -3.52. The fourth-order valence-corrected chi connectivity index (χ4v) is 5.56. The standard InChI is InChI=1S/C26H28N2O5S/c1-27(20-10-5-4-6-11-20)34(30,31)22-12-7-9-19(17-22)26(29)28-16-8-13-24(28)23-15-14-21(32-2)18-25(23)33-3/h4-7,9-12,14-15,17-18,24H,8,13,16H2,1-3H3/t24-/m1/s1. The van der Waals surface area contributed by atoms with Crippen LogP contribution in [-0.2, 0) is 10.0 Å². The van der Waals surface area contributed by atoms with Crippen LogP contribution in [0.4, 0.5) is 5.69 Å². The van der Waals surface area contributed by atoms with E-state index in [1.165, 1.54) is 23.5 Å². The SMILES string of the molecule is COc1ccc([C@H]2CCCN2C(=O)c2cccc(S(=O)(=O)N(C)c3ccccc3)c2)c(OC)c1. The molecule has 3 aromatic carbocycles. The highest BCUT2D eigenvalue weighted by molar-refractivity contribution is 7.92. The molecule has 0 radical (unpaired) electrons. The molecule has 1 fully saturated rings. The Labute approximate surface area is 200 Å². The van der Waals surface area contributed by atoms with Crippen molar-refractivity contribution < 1.29 is 22.7 Å². The van der Waals surface area contributed by atoms with E-state index in [1.54, 1.807) is 55.5 Å². The number of carbonyl (C=O) groups is 1. The van der Waals surface area contributed by atoms with Gasteiger partial charge in [-0.05, 0) is 55.3 Å². The summed E-state index contributed by atoms with van der Waals surface area (Å²) in [6, 6.07) is 20.5. The van der Waals surface area contributed by atoms with Crippen LogP contribution in [0.1, 0.15) is 34.8 Å². The molecule has 0 spiro atoms. The number of amides is 1. The van der Waals surface area contributed by atoms with Gasteiger partial charge >= 0.3 is 0 Å². The molecule has 0 aromatic heterocycles. The molecular formula is C26H28N2O5S. The van der Waals surface area contributed by atoms with Crippen molar-refractivity contribution in [3.05, 3.63) is 83.9 Å². The molecule has 1 aliphatic rings. The Morgan fingerprint density at radius 1 is 0.971 bits per heavy atom. The largest absolute Gasteiger partial charge is 0.497 e. The fraction of sp³-hybridized carbons (Fsp3) is 0.269. The summed E-state index contributed by atoms with van der Waals surface area (Å²) in [5.41, 5.74) is 1.79. The summed E-state index contributed by atoms with van der Waals surface area (Å²) in [6.07, 6.45) is 1.64. The zero-order valence-electron chi connectivity index (χ0n) is 19.5. The van der Waals surface area contributed by atoms with Gasteiger partial charge in [-0.1, -0.05) is 24.3 Å². The zero-order valence-corrected chi connectivity index (χ0v) is 20.3. The maximum atomic E-state index is 13.5. The summed E-state index contributed by atoms with van der Waals surface area (Å²) >= 11 is 0. The van der Waals surface area contributed by atoms with Gasteiger partial charge in [0.15, 0.2) is 0 Å². The average Bonchev–Trinajstić information content (AvgIpc) is 3.37. The molecule has 0 bridgehead atoms. The third kappa shape index (κ3) is 4.46. The van der Waals surface area contributed by atoms with Gasteiger partial charge in [0.05, 0.1) is 30.8 Å². The summed E-state index contributed by atoms with van der Waals surface area (Å²) in [4.78, 5) is 15.4. The summed E-state index contributed by atoms with van der Waals surface area (Å²) in [6.45, 7) is 0.583. The first-order valence-corrected chi connectivity index (χ1v) is 12.5. The number of sulfonamides is 1. The minimum atomic E-state index is -3.83.